The van der Waals surface area contributed by atoms with Gasteiger partial charge in [0.15, 0.2) is 6.10 Å². The zero-order valence-electron chi connectivity index (χ0n) is 15.9. The number of benzene rings is 2. The highest BCUT2D eigenvalue weighted by Gasteiger charge is 2.32. The summed E-state index contributed by atoms with van der Waals surface area (Å²) in [6.45, 7) is 4.39. The molecule has 3 N–H and O–H groups in total. The number of anilines is 1. The number of amides is 2. The first-order valence-electron chi connectivity index (χ1n) is 9.21. The fourth-order valence-corrected chi connectivity index (χ4v) is 3.45. The highest BCUT2D eigenvalue weighted by molar-refractivity contribution is 6.30. The maximum atomic E-state index is 13.0. The van der Waals surface area contributed by atoms with E-state index in [0.717, 1.165) is 5.56 Å². The van der Waals surface area contributed by atoms with Gasteiger partial charge in [-0.05, 0) is 35.7 Å². The lowest BCUT2D eigenvalue weighted by molar-refractivity contribution is -0.125. The third-order valence-corrected chi connectivity index (χ3v) is 5.01. The SMILES string of the molecule is CC(C)C(NCC(=O)N1CC(C(N)=O)Oc2ccccc21)c1ccc(Cl)cc1. The Bertz CT molecular complexity index is 854. The van der Waals surface area contributed by atoms with E-state index in [1.54, 1.807) is 23.1 Å². The van der Waals surface area contributed by atoms with E-state index in [-0.39, 0.29) is 31.0 Å². The van der Waals surface area contributed by atoms with Crippen molar-refractivity contribution in [2.24, 2.45) is 11.7 Å². The maximum absolute atomic E-state index is 13.0. The molecule has 1 aliphatic heterocycles. The van der Waals surface area contributed by atoms with Gasteiger partial charge in [0.2, 0.25) is 5.91 Å². The molecule has 0 spiro atoms. The van der Waals surface area contributed by atoms with Crippen LogP contribution in [0.25, 0.3) is 0 Å². The lowest BCUT2D eigenvalue weighted by Gasteiger charge is -2.34. The van der Waals surface area contributed by atoms with Crippen LogP contribution in [-0.2, 0) is 9.59 Å². The summed E-state index contributed by atoms with van der Waals surface area (Å²) in [4.78, 5) is 26.2. The molecule has 0 bridgehead atoms. The molecular formula is C21H24ClN3O3. The second-order valence-electron chi connectivity index (χ2n) is 7.14. The third kappa shape index (κ3) is 4.46. The van der Waals surface area contributed by atoms with E-state index in [2.05, 4.69) is 19.2 Å². The number of nitrogens with one attached hydrogen (secondary N) is 1. The Balaban J connectivity index is 1.75. The molecule has 1 aliphatic rings. The number of carbonyl (C=O) groups is 2. The maximum Gasteiger partial charge on any atom is 0.260 e. The first kappa shape index (κ1) is 20.2. The molecule has 2 atom stereocenters. The lowest BCUT2D eigenvalue weighted by atomic mass is 9.96. The molecule has 0 fully saturated rings. The number of carbonyl (C=O) groups excluding carboxylic acids is 2. The van der Waals surface area contributed by atoms with Crippen molar-refractivity contribution >= 4 is 29.1 Å². The number of halogens is 1. The van der Waals surface area contributed by atoms with Crippen LogP contribution in [0.15, 0.2) is 48.5 Å². The van der Waals surface area contributed by atoms with Gasteiger partial charge in [0, 0.05) is 11.1 Å². The fraction of sp³-hybridized carbons (Fsp3) is 0.333. The molecule has 0 radical (unpaired) electrons. The largest absolute Gasteiger partial charge is 0.477 e. The van der Waals surface area contributed by atoms with Crippen LogP contribution in [0.4, 0.5) is 5.69 Å². The van der Waals surface area contributed by atoms with Crippen LogP contribution in [0, 0.1) is 5.92 Å². The average Bonchev–Trinajstić information content (AvgIpc) is 2.68. The van der Waals surface area contributed by atoms with E-state index in [1.165, 1.54) is 0 Å². The minimum absolute atomic E-state index is 0.00978. The molecule has 2 aromatic carbocycles. The minimum atomic E-state index is -0.865. The molecular weight excluding hydrogens is 378 g/mol. The third-order valence-electron chi connectivity index (χ3n) is 4.76. The molecule has 0 aliphatic carbocycles. The summed E-state index contributed by atoms with van der Waals surface area (Å²) in [5, 5.41) is 4.01. The fourth-order valence-electron chi connectivity index (χ4n) is 3.32. The summed E-state index contributed by atoms with van der Waals surface area (Å²) in [5.41, 5.74) is 7.11. The molecule has 0 saturated carbocycles. The van der Waals surface area contributed by atoms with Gasteiger partial charge in [0.25, 0.3) is 5.91 Å². The van der Waals surface area contributed by atoms with Gasteiger partial charge in [-0.2, -0.15) is 0 Å². The van der Waals surface area contributed by atoms with Crippen LogP contribution >= 0.6 is 11.6 Å². The quantitative estimate of drug-likeness (QED) is 0.779. The van der Waals surface area contributed by atoms with Gasteiger partial charge in [-0.3, -0.25) is 9.59 Å². The van der Waals surface area contributed by atoms with Gasteiger partial charge < -0.3 is 20.7 Å². The van der Waals surface area contributed by atoms with Crippen molar-refractivity contribution in [2.45, 2.75) is 26.0 Å². The Morgan fingerprint density at radius 1 is 1.21 bits per heavy atom. The molecule has 0 saturated heterocycles. The molecule has 28 heavy (non-hydrogen) atoms. The topological polar surface area (TPSA) is 84.7 Å². The number of nitrogens with two attached hydrogens (primary N) is 1. The summed E-state index contributed by atoms with van der Waals surface area (Å²) in [7, 11) is 0. The van der Waals surface area contributed by atoms with Crippen LogP contribution in [-0.4, -0.2) is 31.0 Å². The highest BCUT2D eigenvalue weighted by atomic mass is 35.5. The zero-order valence-corrected chi connectivity index (χ0v) is 16.6. The Labute approximate surface area is 169 Å². The van der Waals surface area contributed by atoms with Crippen LogP contribution in [0.1, 0.15) is 25.5 Å². The number of hydrogen-bond donors (Lipinski definition) is 2. The van der Waals surface area contributed by atoms with Gasteiger partial charge >= 0.3 is 0 Å². The molecule has 2 unspecified atom stereocenters. The van der Waals surface area contributed by atoms with Crippen molar-refractivity contribution in [3.05, 3.63) is 59.1 Å². The van der Waals surface area contributed by atoms with Gasteiger partial charge in [-0.15, -0.1) is 0 Å². The van der Waals surface area contributed by atoms with Crippen LogP contribution in [0.2, 0.25) is 5.02 Å². The predicted octanol–water partition coefficient (Wildman–Crippen LogP) is 2.91. The Hall–Kier alpha value is -2.57. The van der Waals surface area contributed by atoms with Crippen molar-refractivity contribution in [3.8, 4) is 5.75 Å². The van der Waals surface area contributed by atoms with E-state index < -0.39 is 12.0 Å². The van der Waals surface area contributed by atoms with E-state index in [0.29, 0.717) is 16.5 Å². The highest BCUT2D eigenvalue weighted by Crippen LogP contribution is 2.33. The number of primary amides is 1. The Morgan fingerprint density at radius 2 is 1.89 bits per heavy atom. The number of ether oxygens (including phenoxy) is 1. The summed E-state index contributed by atoms with van der Waals surface area (Å²) in [6, 6.07) is 14.7. The van der Waals surface area contributed by atoms with Crippen molar-refractivity contribution in [3.63, 3.8) is 0 Å². The normalized spacial score (nSPS) is 17.0. The Morgan fingerprint density at radius 3 is 2.54 bits per heavy atom. The lowest BCUT2D eigenvalue weighted by Crippen LogP contribution is -2.51. The standard InChI is InChI=1S/C21H24ClN3O3/c1-13(2)20(14-7-9-15(22)10-8-14)24-11-19(26)25-12-18(21(23)27)28-17-6-4-3-5-16(17)25/h3-10,13,18,20,24H,11-12H2,1-2H3,(H2,23,27). The van der Waals surface area contributed by atoms with Gasteiger partial charge in [-0.1, -0.05) is 49.7 Å². The molecule has 1 heterocycles. The molecule has 3 rings (SSSR count). The summed E-state index contributed by atoms with van der Waals surface area (Å²) in [6.07, 6.45) is -0.865. The first-order chi connectivity index (χ1) is 13.4. The van der Waals surface area contributed by atoms with Crippen molar-refractivity contribution in [2.75, 3.05) is 18.0 Å². The number of para-hydroxylation sites is 2. The van der Waals surface area contributed by atoms with Crippen molar-refractivity contribution in [1.29, 1.82) is 0 Å². The van der Waals surface area contributed by atoms with E-state index in [4.69, 9.17) is 22.1 Å². The molecule has 6 nitrogen and oxygen atoms in total. The smallest absolute Gasteiger partial charge is 0.260 e. The second kappa shape index (κ2) is 8.63. The Kier molecular flexibility index (Phi) is 6.21. The molecule has 148 valence electrons. The van der Waals surface area contributed by atoms with Crippen molar-refractivity contribution < 1.29 is 14.3 Å². The van der Waals surface area contributed by atoms with Gasteiger partial charge in [0.05, 0.1) is 18.8 Å². The molecule has 2 amide bonds. The molecule has 0 aromatic heterocycles. The number of nitrogens with zero attached hydrogens (tertiary/aromatic N) is 1. The van der Waals surface area contributed by atoms with Crippen molar-refractivity contribution in [1.82, 2.24) is 5.32 Å². The summed E-state index contributed by atoms with van der Waals surface area (Å²) in [5.74, 6) is -0.00331. The number of hydrogen-bond acceptors (Lipinski definition) is 4. The van der Waals surface area contributed by atoms with E-state index in [9.17, 15) is 9.59 Å². The van der Waals surface area contributed by atoms with Gasteiger partial charge in [0.1, 0.15) is 5.75 Å². The summed E-state index contributed by atoms with van der Waals surface area (Å²) < 4.78 is 5.62. The van der Waals surface area contributed by atoms with Crippen LogP contribution in [0.3, 0.4) is 0 Å². The van der Waals surface area contributed by atoms with Crippen LogP contribution in [0.5, 0.6) is 5.75 Å². The predicted molar refractivity (Wildman–Crippen MR) is 109 cm³/mol. The molecule has 7 heteroatoms. The van der Waals surface area contributed by atoms with Gasteiger partial charge in [-0.25, -0.2) is 0 Å². The average molecular weight is 402 g/mol. The monoisotopic (exact) mass is 401 g/mol. The van der Waals surface area contributed by atoms with Crippen LogP contribution < -0.4 is 20.7 Å². The zero-order chi connectivity index (χ0) is 20.3. The number of fused-ring (bicyclic) bond motifs is 1. The first-order valence-corrected chi connectivity index (χ1v) is 9.59. The summed E-state index contributed by atoms with van der Waals surface area (Å²) >= 11 is 5.98. The molecule has 2 aromatic rings. The van der Waals surface area contributed by atoms with E-state index in [1.807, 2.05) is 30.3 Å². The second-order valence-corrected chi connectivity index (χ2v) is 7.57. The number of rotatable bonds is 6. The minimum Gasteiger partial charge on any atom is -0.477 e. The van der Waals surface area contributed by atoms with E-state index >= 15 is 0 Å².